The molecule has 1 atom stereocenters. The van der Waals surface area contributed by atoms with Gasteiger partial charge in [-0.15, -0.1) is 0 Å². The number of pyridine rings is 1. The summed E-state index contributed by atoms with van der Waals surface area (Å²) in [5.74, 6) is -0.218. The minimum atomic E-state index is -0.412. The van der Waals surface area contributed by atoms with Gasteiger partial charge >= 0.3 is 0 Å². The van der Waals surface area contributed by atoms with Crippen molar-refractivity contribution in [2.75, 3.05) is 11.1 Å². The molecule has 2 heterocycles. The van der Waals surface area contributed by atoms with Crippen LogP contribution >= 0.6 is 24.0 Å². The van der Waals surface area contributed by atoms with Crippen LogP contribution in [-0.2, 0) is 4.79 Å². The summed E-state index contributed by atoms with van der Waals surface area (Å²) in [4.78, 5) is 20.0. The van der Waals surface area contributed by atoms with Crippen LogP contribution in [-0.4, -0.2) is 21.6 Å². The van der Waals surface area contributed by atoms with Crippen molar-refractivity contribution in [3.63, 3.8) is 0 Å². The number of nitrogens with one attached hydrogen (secondary N) is 1. The topological polar surface area (TPSA) is 54.9 Å². The van der Waals surface area contributed by atoms with Crippen molar-refractivity contribution >= 4 is 34.9 Å². The molecule has 0 saturated heterocycles. The van der Waals surface area contributed by atoms with Crippen molar-refractivity contribution in [2.45, 2.75) is 13.8 Å². The predicted octanol–water partition coefficient (Wildman–Crippen LogP) is 3.16. The molecular formula is C13H14FN3OS2. The second-order valence-corrected chi connectivity index (χ2v) is 5.76. The first-order valence-corrected chi connectivity index (χ1v) is 7.46. The maximum absolute atomic E-state index is 13.2. The average molecular weight is 311 g/mol. The lowest BCUT2D eigenvalue weighted by Crippen LogP contribution is -2.21. The van der Waals surface area contributed by atoms with Gasteiger partial charge in [-0.1, -0.05) is 18.3 Å². The number of carbonyl (C=O) groups is 1. The SMILES string of the molecule is Cc1nc(-c2cncc(F)c2)sc1NC(=O)C(C)CS. The van der Waals surface area contributed by atoms with E-state index >= 15 is 0 Å². The molecule has 0 aliphatic heterocycles. The van der Waals surface area contributed by atoms with Gasteiger partial charge in [0.25, 0.3) is 0 Å². The lowest BCUT2D eigenvalue weighted by Gasteiger charge is -2.07. The minimum Gasteiger partial charge on any atom is -0.316 e. The summed E-state index contributed by atoms with van der Waals surface area (Å²) in [7, 11) is 0. The highest BCUT2D eigenvalue weighted by molar-refractivity contribution is 7.80. The van der Waals surface area contributed by atoms with Gasteiger partial charge in [-0.3, -0.25) is 9.78 Å². The number of aryl methyl sites for hydroxylation is 1. The number of rotatable bonds is 4. The number of hydrogen-bond donors (Lipinski definition) is 2. The molecular weight excluding hydrogens is 297 g/mol. The highest BCUT2D eigenvalue weighted by atomic mass is 32.1. The molecule has 0 aromatic carbocycles. The van der Waals surface area contributed by atoms with E-state index in [1.165, 1.54) is 17.4 Å². The van der Waals surface area contributed by atoms with Gasteiger partial charge in [0.05, 0.1) is 11.9 Å². The molecule has 7 heteroatoms. The predicted molar refractivity (Wildman–Crippen MR) is 81.7 cm³/mol. The number of carbonyl (C=O) groups excluding carboxylic acids is 1. The molecule has 0 spiro atoms. The molecule has 2 aromatic rings. The van der Waals surface area contributed by atoms with Gasteiger partial charge in [0, 0.05) is 23.4 Å². The number of halogens is 1. The molecule has 20 heavy (non-hydrogen) atoms. The highest BCUT2D eigenvalue weighted by Crippen LogP contribution is 2.31. The van der Waals surface area contributed by atoms with Crippen LogP contribution in [0.25, 0.3) is 10.6 Å². The smallest absolute Gasteiger partial charge is 0.228 e. The van der Waals surface area contributed by atoms with Crippen molar-refractivity contribution in [1.82, 2.24) is 9.97 Å². The first-order chi connectivity index (χ1) is 9.51. The second-order valence-electron chi connectivity index (χ2n) is 4.40. The quantitative estimate of drug-likeness (QED) is 0.853. The fourth-order valence-corrected chi connectivity index (χ4v) is 2.60. The lowest BCUT2D eigenvalue weighted by atomic mass is 10.2. The lowest BCUT2D eigenvalue weighted by molar-refractivity contribution is -0.118. The molecule has 0 aliphatic rings. The number of hydrogen-bond acceptors (Lipinski definition) is 5. The van der Waals surface area contributed by atoms with Gasteiger partial charge in [-0.2, -0.15) is 12.6 Å². The van der Waals surface area contributed by atoms with Crippen molar-refractivity contribution in [2.24, 2.45) is 5.92 Å². The van der Waals surface area contributed by atoms with Crippen molar-refractivity contribution in [3.8, 4) is 10.6 Å². The zero-order valence-electron chi connectivity index (χ0n) is 11.1. The third-order valence-electron chi connectivity index (χ3n) is 2.71. The largest absolute Gasteiger partial charge is 0.316 e. The maximum Gasteiger partial charge on any atom is 0.228 e. The molecule has 1 amide bonds. The van der Waals surface area contributed by atoms with Crippen LogP contribution in [0.2, 0.25) is 0 Å². The summed E-state index contributed by atoms with van der Waals surface area (Å²) in [5, 5.41) is 4.12. The monoisotopic (exact) mass is 311 g/mol. The Morgan fingerprint density at radius 3 is 2.95 bits per heavy atom. The summed E-state index contributed by atoms with van der Waals surface area (Å²) < 4.78 is 13.2. The summed E-state index contributed by atoms with van der Waals surface area (Å²) in [5.41, 5.74) is 1.30. The average Bonchev–Trinajstić information content (AvgIpc) is 2.79. The van der Waals surface area contributed by atoms with E-state index in [1.54, 1.807) is 20.0 Å². The third-order valence-corrected chi connectivity index (χ3v) is 4.38. The Bertz CT molecular complexity index is 630. The maximum atomic E-state index is 13.2. The number of thiol groups is 1. The zero-order valence-corrected chi connectivity index (χ0v) is 12.8. The molecule has 4 nitrogen and oxygen atoms in total. The van der Waals surface area contributed by atoms with Crippen LogP contribution in [0.1, 0.15) is 12.6 Å². The van der Waals surface area contributed by atoms with Gasteiger partial charge in [-0.05, 0) is 13.0 Å². The Labute approximate surface area is 125 Å². The molecule has 0 bridgehead atoms. The van der Waals surface area contributed by atoms with E-state index in [9.17, 15) is 9.18 Å². The van der Waals surface area contributed by atoms with E-state index in [-0.39, 0.29) is 11.8 Å². The molecule has 106 valence electrons. The van der Waals surface area contributed by atoms with Crippen molar-refractivity contribution < 1.29 is 9.18 Å². The number of aromatic nitrogens is 2. The van der Waals surface area contributed by atoms with E-state index in [0.29, 0.717) is 27.0 Å². The van der Waals surface area contributed by atoms with E-state index in [1.807, 2.05) is 0 Å². The van der Waals surface area contributed by atoms with Gasteiger partial charge in [0.2, 0.25) is 5.91 Å². The van der Waals surface area contributed by atoms with Crippen LogP contribution in [0.4, 0.5) is 9.39 Å². The number of amides is 1. The molecule has 1 unspecified atom stereocenters. The Hall–Kier alpha value is -1.47. The van der Waals surface area contributed by atoms with Crippen LogP contribution in [0.5, 0.6) is 0 Å². The Balaban J connectivity index is 2.24. The summed E-state index contributed by atoms with van der Waals surface area (Å²) in [6.07, 6.45) is 2.68. The van der Waals surface area contributed by atoms with Crippen LogP contribution < -0.4 is 5.32 Å². The second kappa shape index (κ2) is 6.32. The summed E-state index contributed by atoms with van der Waals surface area (Å²) in [6, 6.07) is 1.37. The molecule has 0 fully saturated rings. The van der Waals surface area contributed by atoms with E-state index < -0.39 is 5.82 Å². The number of thiazole rings is 1. The van der Waals surface area contributed by atoms with Gasteiger partial charge in [0.15, 0.2) is 0 Å². The molecule has 1 N–H and O–H groups in total. The molecule has 0 saturated carbocycles. The summed E-state index contributed by atoms with van der Waals surface area (Å²) >= 11 is 5.40. The standard InChI is InChI=1S/C13H14FN3OS2/c1-7(6-19)11(18)17-12-8(2)16-13(20-12)9-3-10(14)5-15-4-9/h3-5,7,19H,6H2,1-2H3,(H,17,18). The minimum absolute atomic E-state index is 0.101. The first-order valence-electron chi connectivity index (χ1n) is 6.01. The Morgan fingerprint density at radius 2 is 2.30 bits per heavy atom. The van der Waals surface area contributed by atoms with E-state index in [4.69, 9.17) is 0 Å². The van der Waals surface area contributed by atoms with E-state index in [2.05, 4.69) is 27.9 Å². The Morgan fingerprint density at radius 1 is 1.55 bits per heavy atom. The highest BCUT2D eigenvalue weighted by Gasteiger charge is 2.16. The molecule has 0 radical (unpaired) electrons. The van der Waals surface area contributed by atoms with E-state index in [0.717, 1.165) is 6.20 Å². The van der Waals surface area contributed by atoms with Gasteiger partial charge in [0.1, 0.15) is 15.8 Å². The fraction of sp³-hybridized carbons (Fsp3) is 0.308. The van der Waals surface area contributed by atoms with Gasteiger partial charge < -0.3 is 5.32 Å². The number of nitrogens with zero attached hydrogens (tertiary/aromatic N) is 2. The first kappa shape index (κ1) is 14.9. The van der Waals surface area contributed by atoms with Crippen molar-refractivity contribution in [1.29, 1.82) is 0 Å². The van der Waals surface area contributed by atoms with Crippen molar-refractivity contribution in [3.05, 3.63) is 30.0 Å². The van der Waals surface area contributed by atoms with Gasteiger partial charge in [-0.25, -0.2) is 9.37 Å². The molecule has 2 rings (SSSR count). The van der Waals surface area contributed by atoms with Crippen LogP contribution in [0.15, 0.2) is 18.5 Å². The zero-order chi connectivity index (χ0) is 14.7. The number of anilines is 1. The Kier molecular flexibility index (Phi) is 4.72. The summed E-state index contributed by atoms with van der Waals surface area (Å²) in [6.45, 7) is 3.60. The molecule has 2 aromatic heterocycles. The van der Waals surface area contributed by atoms with Crippen LogP contribution in [0.3, 0.4) is 0 Å². The molecule has 0 aliphatic carbocycles. The third kappa shape index (κ3) is 3.34. The fourth-order valence-electron chi connectivity index (χ4n) is 1.48. The van der Waals surface area contributed by atoms with Crippen LogP contribution in [0, 0.1) is 18.7 Å². The normalized spacial score (nSPS) is 12.2.